The van der Waals surface area contributed by atoms with Gasteiger partial charge in [0, 0.05) is 19.6 Å². The molecule has 1 unspecified atom stereocenters. The van der Waals surface area contributed by atoms with E-state index in [1.54, 1.807) is 28.6 Å². The first-order chi connectivity index (χ1) is 14.9. The van der Waals surface area contributed by atoms with E-state index in [0.29, 0.717) is 19.5 Å². The van der Waals surface area contributed by atoms with Crippen LogP contribution in [0.15, 0.2) is 59.5 Å². The summed E-state index contributed by atoms with van der Waals surface area (Å²) in [4.78, 5) is 24.4. The van der Waals surface area contributed by atoms with Crippen LogP contribution in [0.3, 0.4) is 0 Å². The highest BCUT2D eigenvalue weighted by Gasteiger charge is 2.25. The Labute approximate surface area is 183 Å². The molecule has 1 saturated heterocycles. The Morgan fingerprint density at radius 1 is 0.935 bits per heavy atom. The number of hydrogen-bond donors (Lipinski definition) is 2. The third kappa shape index (κ3) is 6.15. The van der Waals surface area contributed by atoms with Crippen LogP contribution in [0.4, 0.5) is 0 Å². The smallest absolute Gasteiger partial charge is 0.309 e. The van der Waals surface area contributed by atoms with Crippen molar-refractivity contribution in [3.63, 3.8) is 0 Å². The lowest BCUT2D eigenvalue weighted by Gasteiger charge is -2.25. The fourth-order valence-corrected chi connectivity index (χ4v) is 5.09. The van der Waals surface area contributed by atoms with E-state index >= 15 is 0 Å². The summed E-state index contributed by atoms with van der Waals surface area (Å²) in [6.07, 6.45) is 3.36. The van der Waals surface area contributed by atoms with E-state index in [0.717, 1.165) is 30.4 Å². The fraction of sp³-hybridized carbons (Fsp3) is 0.391. The van der Waals surface area contributed by atoms with E-state index < -0.39 is 21.8 Å². The van der Waals surface area contributed by atoms with Crippen molar-refractivity contribution < 1.29 is 18.0 Å². The van der Waals surface area contributed by atoms with E-state index in [2.05, 4.69) is 10.6 Å². The summed E-state index contributed by atoms with van der Waals surface area (Å²) < 4.78 is 26.9. The van der Waals surface area contributed by atoms with Gasteiger partial charge >= 0.3 is 11.8 Å². The van der Waals surface area contributed by atoms with Gasteiger partial charge in [-0.15, -0.1) is 0 Å². The molecule has 8 heteroatoms. The van der Waals surface area contributed by atoms with E-state index in [-0.39, 0.29) is 17.5 Å². The minimum atomic E-state index is -3.45. The monoisotopic (exact) mass is 443 g/mol. The number of nitrogens with one attached hydrogen (secondary N) is 2. The number of carbonyl (C=O) groups excluding carboxylic acids is 2. The molecule has 2 aromatic carbocycles. The lowest BCUT2D eigenvalue weighted by molar-refractivity contribution is -0.139. The third-order valence-corrected chi connectivity index (χ3v) is 7.34. The Morgan fingerprint density at radius 2 is 1.58 bits per heavy atom. The molecule has 0 bridgehead atoms. The molecule has 0 aromatic heterocycles. The van der Waals surface area contributed by atoms with E-state index in [9.17, 15) is 18.0 Å². The van der Waals surface area contributed by atoms with Crippen LogP contribution in [0.2, 0.25) is 0 Å². The Kier molecular flexibility index (Phi) is 7.81. The first-order valence-electron chi connectivity index (χ1n) is 10.6. The van der Waals surface area contributed by atoms with E-state index in [4.69, 9.17) is 0 Å². The number of rotatable bonds is 7. The van der Waals surface area contributed by atoms with Crippen LogP contribution >= 0.6 is 0 Å². The minimum Gasteiger partial charge on any atom is -0.348 e. The molecule has 0 radical (unpaired) electrons. The van der Waals surface area contributed by atoms with Gasteiger partial charge in [-0.1, -0.05) is 48.9 Å². The van der Waals surface area contributed by atoms with Gasteiger partial charge in [0.05, 0.1) is 10.9 Å². The zero-order chi connectivity index (χ0) is 22.3. The maximum atomic E-state index is 12.7. The maximum absolute atomic E-state index is 12.7. The fourth-order valence-electron chi connectivity index (χ4n) is 3.57. The highest BCUT2D eigenvalue weighted by Crippen LogP contribution is 2.21. The number of piperidine rings is 1. The minimum absolute atomic E-state index is 0.270. The van der Waals surface area contributed by atoms with Gasteiger partial charge < -0.3 is 10.6 Å². The highest BCUT2D eigenvalue weighted by atomic mass is 32.2. The van der Waals surface area contributed by atoms with Gasteiger partial charge in [-0.25, -0.2) is 8.42 Å². The molecule has 0 aliphatic carbocycles. The van der Waals surface area contributed by atoms with Crippen molar-refractivity contribution in [3.05, 3.63) is 65.7 Å². The zero-order valence-corrected chi connectivity index (χ0v) is 18.5. The Morgan fingerprint density at radius 3 is 2.23 bits per heavy atom. The van der Waals surface area contributed by atoms with Crippen LogP contribution in [0, 0.1) is 0 Å². The Bertz CT molecular complexity index is 985. The normalized spacial score (nSPS) is 15.8. The largest absolute Gasteiger partial charge is 0.348 e. The van der Waals surface area contributed by atoms with Gasteiger partial charge in [0.15, 0.2) is 0 Å². The standard InChI is InChI=1S/C23H29N3O4S/c1-18(20-8-4-2-5-9-20)25-23(28)22(27)24-15-14-19-10-12-21(13-11-19)31(29,30)26-16-6-3-7-17-26/h2,4-5,8-13,18H,3,6-7,14-17H2,1H3,(H,24,27)(H,25,28). The van der Waals surface area contributed by atoms with Crippen LogP contribution in [0.5, 0.6) is 0 Å². The maximum Gasteiger partial charge on any atom is 0.309 e. The molecule has 1 atom stereocenters. The van der Waals surface area contributed by atoms with Gasteiger partial charge in [0.2, 0.25) is 10.0 Å². The zero-order valence-electron chi connectivity index (χ0n) is 17.7. The quantitative estimate of drug-likeness (QED) is 0.643. The molecular formula is C23H29N3O4S. The number of carbonyl (C=O) groups is 2. The molecule has 1 heterocycles. The predicted molar refractivity (Wildman–Crippen MR) is 119 cm³/mol. The van der Waals surface area contributed by atoms with Gasteiger partial charge in [-0.2, -0.15) is 4.31 Å². The summed E-state index contributed by atoms with van der Waals surface area (Å²) >= 11 is 0. The molecule has 1 aliphatic heterocycles. The lowest BCUT2D eigenvalue weighted by atomic mass is 10.1. The Balaban J connectivity index is 1.47. The van der Waals surface area contributed by atoms with Crippen LogP contribution in [0.25, 0.3) is 0 Å². The molecular weight excluding hydrogens is 414 g/mol. The van der Waals surface area contributed by atoms with E-state index in [1.165, 1.54) is 0 Å². The first-order valence-corrected chi connectivity index (χ1v) is 12.0. The number of nitrogens with zero attached hydrogens (tertiary/aromatic N) is 1. The summed E-state index contributed by atoms with van der Waals surface area (Å²) in [5, 5.41) is 5.28. The van der Waals surface area contributed by atoms with Gasteiger partial charge in [-0.3, -0.25) is 9.59 Å². The summed E-state index contributed by atoms with van der Waals surface area (Å²) in [6.45, 7) is 3.24. The second-order valence-corrected chi connectivity index (χ2v) is 9.66. The van der Waals surface area contributed by atoms with Crippen molar-refractivity contribution in [2.45, 2.75) is 43.5 Å². The van der Waals surface area contributed by atoms with Crippen molar-refractivity contribution in [1.29, 1.82) is 0 Å². The van der Waals surface area contributed by atoms with Crippen molar-refractivity contribution in [1.82, 2.24) is 14.9 Å². The molecule has 7 nitrogen and oxygen atoms in total. The molecule has 166 valence electrons. The van der Waals surface area contributed by atoms with Crippen molar-refractivity contribution in [2.75, 3.05) is 19.6 Å². The average molecular weight is 444 g/mol. The molecule has 3 rings (SSSR count). The molecule has 2 amide bonds. The molecule has 0 spiro atoms. The number of benzene rings is 2. The molecule has 1 aliphatic rings. The van der Waals surface area contributed by atoms with Gasteiger partial charge in [-0.05, 0) is 49.4 Å². The van der Waals surface area contributed by atoms with Gasteiger partial charge in [0.25, 0.3) is 0 Å². The van der Waals surface area contributed by atoms with Crippen LogP contribution in [-0.4, -0.2) is 44.2 Å². The van der Waals surface area contributed by atoms with Crippen LogP contribution in [0.1, 0.15) is 43.4 Å². The SMILES string of the molecule is CC(NC(=O)C(=O)NCCc1ccc(S(=O)(=O)N2CCCCC2)cc1)c1ccccc1. The summed E-state index contributed by atoms with van der Waals surface area (Å²) in [6, 6.07) is 15.9. The molecule has 2 aromatic rings. The van der Waals surface area contributed by atoms with Gasteiger partial charge in [0.1, 0.15) is 0 Å². The summed E-state index contributed by atoms with van der Waals surface area (Å²) in [7, 11) is -3.45. The third-order valence-electron chi connectivity index (χ3n) is 5.43. The van der Waals surface area contributed by atoms with E-state index in [1.807, 2.05) is 37.3 Å². The summed E-state index contributed by atoms with van der Waals surface area (Å²) in [5.41, 5.74) is 1.80. The number of sulfonamides is 1. The van der Waals surface area contributed by atoms with Crippen molar-refractivity contribution in [2.24, 2.45) is 0 Å². The number of amides is 2. The highest BCUT2D eigenvalue weighted by molar-refractivity contribution is 7.89. The van der Waals surface area contributed by atoms with Crippen molar-refractivity contribution in [3.8, 4) is 0 Å². The second kappa shape index (κ2) is 10.5. The average Bonchev–Trinajstić information content (AvgIpc) is 2.80. The Hall–Kier alpha value is -2.71. The lowest BCUT2D eigenvalue weighted by Crippen LogP contribution is -2.41. The van der Waals surface area contributed by atoms with Crippen molar-refractivity contribution >= 4 is 21.8 Å². The molecule has 2 N–H and O–H groups in total. The summed E-state index contributed by atoms with van der Waals surface area (Å²) in [5.74, 6) is -1.37. The molecule has 1 fully saturated rings. The predicted octanol–water partition coefficient (Wildman–Crippen LogP) is 2.40. The molecule has 31 heavy (non-hydrogen) atoms. The first kappa shape index (κ1) is 23.0. The van der Waals surface area contributed by atoms with Crippen LogP contribution in [-0.2, 0) is 26.0 Å². The molecule has 0 saturated carbocycles. The second-order valence-electron chi connectivity index (χ2n) is 7.72. The number of hydrogen-bond acceptors (Lipinski definition) is 4. The topological polar surface area (TPSA) is 95.6 Å². The van der Waals surface area contributed by atoms with Crippen LogP contribution < -0.4 is 10.6 Å².